The third-order valence-electron chi connectivity index (χ3n) is 7.64. The second-order valence-electron chi connectivity index (χ2n) is 10.3. The average Bonchev–Trinajstić information content (AvgIpc) is 3.65. The number of hydrogen-bond acceptors (Lipinski definition) is 7. The van der Waals surface area contributed by atoms with Crippen LogP contribution >= 0.6 is 0 Å². The zero-order valence-electron chi connectivity index (χ0n) is 21.0. The van der Waals surface area contributed by atoms with Gasteiger partial charge in [-0.1, -0.05) is 32.3 Å². The van der Waals surface area contributed by atoms with Gasteiger partial charge in [0, 0.05) is 55.2 Å². The Morgan fingerprint density at radius 2 is 1.86 bits per heavy atom. The maximum atomic E-state index is 4.95. The first-order chi connectivity index (χ1) is 17.7. The van der Waals surface area contributed by atoms with Gasteiger partial charge in [0.1, 0.15) is 23.1 Å². The number of rotatable bonds is 8. The number of unbranched alkanes of at least 4 members (excludes halogenated alkanes) is 1. The van der Waals surface area contributed by atoms with E-state index in [2.05, 4.69) is 39.6 Å². The first-order valence-electron chi connectivity index (χ1n) is 13.2. The van der Waals surface area contributed by atoms with Crippen molar-refractivity contribution in [3.63, 3.8) is 0 Å². The summed E-state index contributed by atoms with van der Waals surface area (Å²) in [7, 11) is 0. The maximum absolute atomic E-state index is 4.95. The molecule has 5 heterocycles. The van der Waals surface area contributed by atoms with Crippen LogP contribution in [0, 0.1) is 5.41 Å². The first-order valence-corrected chi connectivity index (χ1v) is 13.2. The second-order valence-corrected chi connectivity index (χ2v) is 10.3. The van der Waals surface area contributed by atoms with Gasteiger partial charge in [0.2, 0.25) is 5.95 Å². The van der Waals surface area contributed by atoms with Crippen molar-refractivity contribution < 1.29 is 0 Å². The molecule has 186 valence electrons. The standard InChI is InChI=1S/C28H34N8/c1-2-3-7-21-8-6-9-23(30-21)32-27-33-24(31-22-10-15-35-17-14-29-25(35)18-22)19-26(34-27)36-16-13-28(20-36)11-4-5-12-28/h6,8-10,14-15,17-19H,2-5,7,11-13,16,20H2,1H3,(H2,30,31,32,33,34). The highest BCUT2D eigenvalue weighted by atomic mass is 15.3. The Morgan fingerprint density at radius 3 is 2.75 bits per heavy atom. The number of nitrogens with zero attached hydrogens (tertiary/aromatic N) is 6. The van der Waals surface area contributed by atoms with E-state index in [1.807, 2.05) is 41.1 Å². The molecule has 2 aliphatic rings. The van der Waals surface area contributed by atoms with Gasteiger partial charge in [0.05, 0.1) is 0 Å². The van der Waals surface area contributed by atoms with Gasteiger partial charge in [0.15, 0.2) is 0 Å². The Kier molecular flexibility index (Phi) is 6.17. The van der Waals surface area contributed by atoms with Gasteiger partial charge in [-0.25, -0.2) is 9.97 Å². The summed E-state index contributed by atoms with van der Waals surface area (Å²) in [5, 5.41) is 6.87. The molecule has 6 rings (SSSR count). The molecule has 1 aliphatic heterocycles. The highest BCUT2D eigenvalue weighted by molar-refractivity contribution is 5.66. The van der Waals surface area contributed by atoms with Crippen molar-refractivity contribution in [2.45, 2.75) is 58.3 Å². The Labute approximate surface area is 212 Å². The van der Waals surface area contributed by atoms with E-state index in [4.69, 9.17) is 15.0 Å². The summed E-state index contributed by atoms with van der Waals surface area (Å²) < 4.78 is 1.99. The molecule has 0 unspecified atom stereocenters. The van der Waals surface area contributed by atoms with E-state index in [-0.39, 0.29) is 0 Å². The summed E-state index contributed by atoms with van der Waals surface area (Å²) >= 11 is 0. The monoisotopic (exact) mass is 482 g/mol. The Hall–Kier alpha value is -3.68. The SMILES string of the molecule is CCCCc1cccc(Nc2nc(Nc3ccn4ccnc4c3)cc(N3CCC4(CCCC4)C3)n2)n1. The van der Waals surface area contributed by atoms with Gasteiger partial charge < -0.3 is 19.9 Å². The van der Waals surface area contributed by atoms with Crippen LogP contribution in [0.1, 0.15) is 57.6 Å². The molecule has 1 saturated heterocycles. The fraction of sp³-hybridized carbons (Fsp3) is 0.429. The summed E-state index contributed by atoms with van der Waals surface area (Å²) in [4.78, 5) is 21.4. The van der Waals surface area contributed by atoms with Crippen LogP contribution in [0.5, 0.6) is 0 Å². The van der Waals surface area contributed by atoms with Gasteiger partial charge >= 0.3 is 0 Å². The minimum absolute atomic E-state index is 0.465. The molecule has 0 aromatic carbocycles. The van der Waals surface area contributed by atoms with E-state index in [0.29, 0.717) is 11.4 Å². The lowest BCUT2D eigenvalue weighted by Crippen LogP contribution is -2.26. The number of hydrogen-bond donors (Lipinski definition) is 2. The Balaban J connectivity index is 1.29. The van der Waals surface area contributed by atoms with Crippen molar-refractivity contribution in [1.29, 1.82) is 0 Å². The van der Waals surface area contributed by atoms with Gasteiger partial charge in [-0.2, -0.15) is 9.97 Å². The number of aryl methyl sites for hydroxylation is 1. The lowest BCUT2D eigenvalue weighted by molar-refractivity contribution is 0.340. The fourth-order valence-electron chi connectivity index (χ4n) is 5.68. The topological polar surface area (TPSA) is 83.3 Å². The predicted octanol–water partition coefficient (Wildman–Crippen LogP) is 6.12. The molecule has 0 bridgehead atoms. The van der Waals surface area contributed by atoms with Crippen molar-refractivity contribution in [2.24, 2.45) is 5.41 Å². The summed E-state index contributed by atoms with van der Waals surface area (Å²) in [6.07, 6.45) is 15.6. The van der Waals surface area contributed by atoms with Gasteiger partial charge in [-0.15, -0.1) is 0 Å². The predicted molar refractivity (Wildman–Crippen MR) is 144 cm³/mol. The molecular formula is C28H34N8. The van der Waals surface area contributed by atoms with Crippen LogP contribution < -0.4 is 15.5 Å². The lowest BCUT2D eigenvalue weighted by atomic mass is 9.86. The molecule has 2 fully saturated rings. The van der Waals surface area contributed by atoms with Gasteiger partial charge in [-0.3, -0.25) is 0 Å². The fourth-order valence-corrected chi connectivity index (χ4v) is 5.68. The minimum Gasteiger partial charge on any atom is -0.356 e. The zero-order valence-corrected chi connectivity index (χ0v) is 21.0. The van der Waals surface area contributed by atoms with E-state index >= 15 is 0 Å². The second kappa shape index (κ2) is 9.76. The highest BCUT2D eigenvalue weighted by Crippen LogP contribution is 2.46. The number of fused-ring (bicyclic) bond motifs is 1. The van der Waals surface area contributed by atoms with Crippen LogP contribution in [0.4, 0.5) is 29.1 Å². The van der Waals surface area contributed by atoms with Crippen molar-refractivity contribution in [1.82, 2.24) is 24.3 Å². The van der Waals surface area contributed by atoms with E-state index in [1.165, 1.54) is 32.1 Å². The van der Waals surface area contributed by atoms with E-state index in [0.717, 1.165) is 66.8 Å². The normalized spacial score (nSPS) is 16.8. The van der Waals surface area contributed by atoms with E-state index in [1.54, 1.807) is 6.20 Å². The zero-order chi connectivity index (χ0) is 24.4. The molecule has 4 aromatic heterocycles. The van der Waals surface area contributed by atoms with Crippen LogP contribution in [-0.4, -0.2) is 37.4 Å². The third kappa shape index (κ3) is 4.85. The summed E-state index contributed by atoms with van der Waals surface area (Å²) in [5.41, 5.74) is 3.39. The Morgan fingerprint density at radius 1 is 0.944 bits per heavy atom. The largest absolute Gasteiger partial charge is 0.356 e. The molecule has 0 radical (unpaired) electrons. The number of imidazole rings is 1. The molecular weight excluding hydrogens is 448 g/mol. The molecule has 8 nitrogen and oxygen atoms in total. The summed E-state index contributed by atoms with van der Waals surface area (Å²) in [6, 6.07) is 12.2. The molecule has 1 spiro atoms. The lowest BCUT2D eigenvalue weighted by Gasteiger charge is -2.24. The maximum Gasteiger partial charge on any atom is 0.232 e. The molecule has 1 aliphatic carbocycles. The van der Waals surface area contributed by atoms with Crippen molar-refractivity contribution in [2.75, 3.05) is 28.6 Å². The minimum atomic E-state index is 0.465. The average molecular weight is 483 g/mol. The number of aromatic nitrogens is 5. The molecule has 36 heavy (non-hydrogen) atoms. The van der Waals surface area contributed by atoms with Crippen LogP contribution in [-0.2, 0) is 6.42 Å². The highest BCUT2D eigenvalue weighted by Gasteiger charge is 2.40. The molecule has 0 atom stereocenters. The third-order valence-corrected chi connectivity index (χ3v) is 7.64. The summed E-state index contributed by atoms with van der Waals surface area (Å²) in [5.74, 6) is 3.05. The number of anilines is 5. The number of pyridine rings is 2. The van der Waals surface area contributed by atoms with Crippen LogP contribution in [0.15, 0.2) is 55.0 Å². The molecule has 0 amide bonds. The smallest absolute Gasteiger partial charge is 0.232 e. The summed E-state index contributed by atoms with van der Waals surface area (Å²) in [6.45, 7) is 4.32. The van der Waals surface area contributed by atoms with Crippen LogP contribution in [0.25, 0.3) is 5.65 Å². The van der Waals surface area contributed by atoms with Crippen LogP contribution in [0.3, 0.4) is 0 Å². The molecule has 8 heteroatoms. The van der Waals surface area contributed by atoms with Crippen molar-refractivity contribution in [3.05, 3.63) is 60.7 Å². The van der Waals surface area contributed by atoms with Crippen molar-refractivity contribution >= 4 is 34.7 Å². The molecule has 1 saturated carbocycles. The van der Waals surface area contributed by atoms with E-state index < -0.39 is 0 Å². The van der Waals surface area contributed by atoms with Gasteiger partial charge in [-0.05, 0) is 55.7 Å². The Bertz CT molecular complexity index is 1340. The molecule has 2 N–H and O–H groups in total. The quantitative estimate of drug-likeness (QED) is 0.313. The first kappa shape index (κ1) is 22.8. The van der Waals surface area contributed by atoms with Gasteiger partial charge in [0.25, 0.3) is 0 Å². The van der Waals surface area contributed by atoms with Crippen molar-refractivity contribution in [3.8, 4) is 0 Å². The van der Waals surface area contributed by atoms with Crippen LogP contribution in [0.2, 0.25) is 0 Å². The number of nitrogens with one attached hydrogen (secondary N) is 2. The van der Waals surface area contributed by atoms with E-state index in [9.17, 15) is 0 Å². The molecule has 4 aromatic rings.